The van der Waals surface area contributed by atoms with Gasteiger partial charge in [0, 0.05) is 19.3 Å². The first-order valence-corrected chi connectivity index (χ1v) is 5.31. The number of aryl methyl sites for hydroxylation is 1. The van der Waals surface area contributed by atoms with Gasteiger partial charge < -0.3 is 10.8 Å². The molecule has 1 unspecified atom stereocenters. The summed E-state index contributed by atoms with van der Waals surface area (Å²) in [5, 5.41) is 14.8. The average molecular weight is 211 g/mol. The maximum Gasteiger partial charge on any atom is 0.123 e. The molecule has 0 bridgehead atoms. The molecule has 0 aliphatic carbocycles. The molecule has 0 aliphatic heterocycles. The highest BCUT2D eigenvalue weighted by atomic mass is 16.3. The van der Waals surface area contributed by atoms with Gasteiger partial charge in [-0.15, -0.1) is 0 Å². The molecular formula is C11H21N3O. The van der Waals surface area contributed by atoms with Crippen LogP contribution in [-0.4, -0.2) is 21.4 Å². The average Bonchev–Trinajstić information content (AvgIpc) is 2.62. The summed E-state index contributed by atoms with van der Waals surface area (Å²) in [6, 6.07) is 1.83. The summed E-state index contributed by atoms with van der Waals surface area (Å²) in [7, 11) is 0. The molecule has 3 N–H and O–H groups in total. The maximum absolute atomic E-state index is 10.6. The predicted molar refractivity (Wildman–Crippen MR) is 60.3 cm³/mol. The van der Waals surface area contributed by atoms with E-state index in [4.69, 9.17) is 5.73 Å². The summed E-state index contributed by atoms with van der Waals surface area (Å²) in [5.41, 5.74) is 5.17. The Morgan fingerprint density at radius 1 is 1.47 bits per heavy atom. The largest absolute Gasteiger partial charge is 0.382 e. The van der Waals surface area contributed by atoms with Crippen LogP contribution >= 0.6 is 0 Å². The van der Waals surface area contributed by atoms with E-state index in [2.05, 4.69) is 5.10 Å². The minimum absolute atomic E-state index is 0.197. The lowest BCUT2D eigenvalue weighted by molar-refractivity contribution is -0.0626. The van der Waals surface area contributed by atoms with Crippen molar-refractivity contribution in [1.82, 2.24) is 9.78 Å². The molecule has 0 amide bonds. The first-order chi connectivity index (χ1) is 6.86. The molecule has 0 aromatic carbocycles. The van der Waals surface area contributed by atoms with Crippen molar-refractivity contribution in [2.24, 2.45) is 11.1 Å². The van der Waals surface area contributed by atoms with Crippen LogP contribution in [0.4, 0.5) is 0 Å². The Bertz CT molecular complexity index is 327. The van der Waals surface area contributed by atoms with Crippen molar-refractivity contribution in [3.63, 3.8) is 0 Å². The Morgan fingerprint density at radius 3 is 2.47 bits per heavy atom. The van der Waals surface area contributed by atoms with Crippen LogP contribution in [0.5, 0.6) is 0 Å². The second kappa shape index (κ2) is 3.94. The molecule has 4 nitrogen and oxygen atoms in total. The van der Waals surface area contributed by atoms with E-state index in [0.29, 0.717) is 0 Å². The molecule has 1 atom stereocenters. The Balaban J connectivity index is 3.23. The zero-order valence-electron chi connectivity index (χ0n) is 9.99. The van der Waals surface area contributed by atoms with Crippen LogP contribution < -0.4 is 5.73 Å². The Kier molecular flexibility index (Phi) is 3.21. The van der Waals surface area contributed by atoms with E-state index < -0.39 is 5.60 Å². The smallest absolute Gasteiger partial charge is 0.123 e. The molecule has 0 fully saturated rings. The molecule has 15 heavy (non-hydrogen) atoms. The third-order valence-electron chi connectivity index (χ3n) is 2.98. The van der Waals surface area contributed by atoms with E-state index >= 15 is 0 Å². The van der Waals surface area contributed by atoms with Gasteiger partial charge in [-0.1, -0.05) is 20.8 Å². The molecule has 1 aromatic rings. The van der Waals surface area contributed by atoms with Crippen molar-refractivity contribution in [1.29, 1.82) is 0 Å². The van der Waals surface area contributed by atoms with Gasteiger partial charge in [-0.2, -0.15) is 5.10 Å². The molecular weight excluding hydrogens is 190 g/mol. The maximum atomic E-state index is 10.6. The van der Waals surface area contributed by atoms with Crippen molar-refractivity contribution in [3.8, 4) is 0 Å². The number of hydrogen-bond acceptors (Lipinski definition) is 3. The number of aromatic nitrogens is 2. The second-order valence-electron chi connectivity index (χ2n) is 4.85. The van der Waals surface area contributed by atoms with Crippen molar-refractivity contribution in [2.75, 3.05) is 6.54 Å². The minimum Gasteiger partial charge on any atom is -0.382 e. The van der Waals surface area contributed by atoms with E-state index in [1.165, 1.54) is 0 Å². The van der Waals surface area contributed by atoms with Crippen molar-refractivity contribution in [3.05, 3.63) is 18.0 Å². The molecule has 4 heteroatoms. The van der Waals surface area contributed by atoms with Crippen LogP contribution in [0, 0.1) is 5.41 Å². The highest BCUT2D eigenvalue weighted by Gasteiger charge is 2.42. The van der Waals surface area contributed by atoms with Crippen LogP contribution in [0.3, 0.4) is 0 Å². The van der Waals surface area contributed by atoms with E-state index in [1.807, 2.05) is 33.8 Å². The van der Waals surface area contributed by atoms with Crippen LogP contribution in [0.15, 0.2) is 12.3 Å². The van der Waals surface area contributed by atoms with E-state index in [9.17, 15) is 5.11 Å². The first-order valence-electron chi connectivity index (χ1n) is 5.31. The summed E-state index contributed by atoms with van der Waals surface area (Å²) < 4.78 is 1.79. The van der Waals surface area contributed by atoms with Gasteiger partial charge in [0.25, 0.3) is 0 Å². The van der Waals surface area contributed by atoms with Crippen LogP contribution in [-0.2, 0) is 12.1 Å². The summed E-state index contributed by atoms with van der Waals surface area (Å²) in [6.45, 7) is 8.87. The van der Waals surface area contributed by atoms with Crippen LogP contribution in [0.1, 0.15) is 33.4 Å². The van der Waals surface area contributed by atoms with Gasteiger partial charge in [0.05, 0.1) is 5.69 Å². The SMILES string of the molecule is CCn1nccc1C(O)(CN)C(C)(C)C. The van der Waals surface area contributed by atoms with Gasteiger partial charge in [-0.05, 0) is 18.4 Å². The lowest BCUT2D eigenvalue weighted by atomic mass is 9.74. The third kappa shape index (κ3) is 1.92. The first kappa shape index (κ1) is 12.2. The summed E-state index contributed by atoms with van der Waals surface area (Å²) in [6.07, 6.45) is 1.70. The van der Waals surface area contributed by atoms with Gasteiger partial charge in [-0.25, -0.2) is 0 Å². The Hall–Kier alpha value is -0.870. The number of nitrogens with two attached hydrogens (primary N) is 1. The molecule has 0 spiro atoms. The minimum atomic E-state index is -1.03. The fourth-order valence-electron chi connectivity index (χ4n) is 1.73. The fourth-order valence-corrected chi connectivity index (χ4v) is 1.73. The molecule has 86 valence electrons. The number of aliphatic hydroxyl groups is 1. The van der Waals surface area contributed by atoms with Gasteiger partial charge in [0.15, 0.2) is 0 Å². The highest BCUT2D eigenvalue weighted by Crippen LogP contribution is 2.38. The molecule has 1 aromatic heterocycles. The second-order valence-corrected chi connectivity index (χ2v) is 4.85. The van der Waals surface area contributed by atoms with Crippen LogP contribution in [0.2, 0.25) is 0 Å². The van der Waals surface area contributed by atoms with E-state index in [1.54, 1.807) is 10.9 Å². The molecule has 1 rings (SSSR count). The zero-order valence-corrected chi connectivity index (χ0v) is 9.99. The van der Waals surface area contributed by atoms with Crippen molar-refractivity contribution in [2.45, 2.75) is 39.8 Å². The quantitative estimate of drug-likeness (QED) is 0.786. The van der Waals surface area contributed by atoms with Crippen molar-refractivity contribution < 1.29 is 5.11 Å². The van der Waals surface area contributed by atoms with Gasteiger partial charge in [0.1, 0.15) is 5.60 Å². The number of rotatable bonds is 3. The normalized spacial score (nSPS) is 16.4. The predicted octanol–water partition coefficient (Wildman–Crippen LogP) is 1.10. The van der Waals surface area contributed by atoms with Gasteiger partial charge in [-0.3, -0.25) is 4.68 Å². The Labute approximate surface area is 91.1 Å². The lowest BCUT2D eigenvalue weighted by Gasteiger charge is -2.39. The van der Waals surface area contributed by atoms with Gasteiger partial charge in [0.2, 0.25) is 0 Å². The number of nitrogens with zero attached hydrogens (tertiary/aromatic N) is 2. The monoisotopic (exact) mass is 211 g/mol. The molecule has 0 aliphatic rings. The highest BCUT2D eigenvalue weighted by molar-refractivity contribution is 5.16. The fraction of sp³-hybridized carbons (Fsp3) is 0.727. The van der Waals surface area contributed by atoms with E-state index in [-0.39, 0.29) is 12.0 Å². The van der Waals surface area contributed by atoms with Crippen molar-refractivity contribution >= 4 is 0 Å². The number of hydrogen-bond donors (Lipinski definition) is 2. The van der Waals surface area contributed by atoms with Crippen LogP contribution in [0.25, 0.3) is 0 Å². The lowest BCUT2D eigenvalue weighted by Crippen LogP contribution is -2.47. The summed E-state index contributed by atoms with van der Waals surface area (Å²) in [5.74, 6) is 0. The summed E-state index contributed by atoms with van der Waals surface area (Å²) >= 11 is 0. The zero-order chi connectivity index (χ0) is 11.7. The Morgan fingerprint density at radius 2 is 2.07 bits per heavy atom. The molecule has 0 radical (unpaired) electrons. The van der Waals surface area contributed by atoms with Gasteiger partial charge >= 0.3 is 0 Å². The molecule has 1 heterocycles. The standard InChI is InChI=1S/C11H21N3O/c1-5-14-9(6-7-13-14)11(15,8-12)10(2,3)4/h6-7,15H,5,8,12H2,1-4H3. The molecule has 0 saturated heterocycles. The third-order valence-corrected chi connectivity index (χ3v) is 2.98. The topological polar surface area (TPSA) is 64.1 Å². The van der Waals surface area contributed by atoms with E-state index in [0.717, 1.165) is 12.2 Å². The summed E-state index contributed by atoms with van der Waals surface area (Å²) in [4.78, 5) is 0. The molecule has 0 saturated carbocycles.